The van der Waals surface area contributed by atoms with Crippen LogP contribution in [-0.4, -0.2) is 58.8 Å². The number of β-amino-alcohol motifs (C(OH)–C–C–N with tert-alkyl or cyclic N) is 1. The number of hydrogen-bond acceptors (Lipinski definition) is 8. The molecule has 8 heteroatoms. The van der Waals surface area contributed by atoms with E-state index in [1.54, 1.807) is 0 Å². The summed E-state index contributed by atoms with van der Waals surface area (Å²) >= 11 is 0. The fourth-order valence-electron chi connectivity index (χ4n) is 3.79. The lowest BCUT2D eigenvalue weighted by molar-refractivity contribution is -0.0289. The molecule has 1 aromatic heterocycles. The molecule has 3 aromatic rings. The van der Waals surface area contributed by atoms with Crippen LogP contribution < -0.4 is 14.2 Å². The van der Waals surface area contributed by atoms with E-state index in [1.165, 1.54) is 0 Å². The molecule has 0 saturated carbocycles. The molecule has 28 heavy (non-hydrogen) atoms. The molecular weight excluding hydrogens is 362 g/mol. The highest BCUT2D eigenvalue weighted by Gasteiger charge is 2.31. The molecule has 146 valence electrons. The van der Waals surface area contributed by atoms with Gasteiger partial charge < -0.3 is 19.3 Å². The van der Waals surface area contributed by atoms with Crippen LogP contribution in [0.15, 0.2) is 41.0 Å². The van der Waals surface area contributed by atoms with Crippen LogP contribution in [0.1, 0.15) is 12.0 Å². The van der Waals surface area contributed by atoms with Crippen LogP contribution in [0.4, 0.5) is 0 Å². The van der Waals surface area contributed by atoms with E-state index in [1.807, 2.05) is 36.4 Å². The smallest absolute Gasteiger partial charge is 0.203 e. The van der Waals surface area contributed by atoms with Crippen molar-refractivity contribution in [2.24, 2.45) is 0 Å². The Kier molecular flexibility index (Phi) is 4.50. The maximum atomic E-state index is 10.7. The molecule has 0 bridgehead atoms. The first kappa shape index (κ1) is 17.3. The predicted molar refractivity (Wildman–Crippen MR) is 99.6 cm³/mol. The van der Waals surface area contributed by atoms with Gasteiger partial charge in [0.25, 0.3) is 0 Å². The zero-order valence-electron chi connectivity index (χ0n) is 15.3. The molecule has 5 rings (SSSR count). The van der Waals surface area contributed by atoms with E-state index in [-0.39, 0.29) is 6.10 Å². The van der Waals surface area contributed by atoms with Crippen molar-refractivity contribution in [2.45, 2.75) is 25.2 Å². The molecule has 0 amide bonds. The molecule has 0 unspecified atom stereocenters. The van der Waals surface area contributed by atoms with E-state index < -0.39 is 6.10 Å². The summed E-state index contributed by atoms with van der Waals surface area (Å²) in [6, 6.07) is 11.4. The average molecular weight is 383 g/mol. The number of benzene rings is 2. The van der Waals surface area contributed by atoms with E-state index in [9.17, 15) is 5.11 Å². The minimum Gasteiger partial charge on any atom is -0.486 e. The Hall–Kier alpha value is -2.84. The summed E-state index contributed by atoms with van der Waals surface area (Å²) in [6.45, 7) is 3.02. The fourth-order valence-corrected chi connectivity index (χ4v) is 3.79. The Labute approximate surface area is 161 Å². The number of piperidine rings is 1. The molecular formula is C20H21N3O5. The van der Waals surface area contributed by atoms with Crippen LogP contribution >= 0.6 is 0 Å². The van der Waals surface area contributed by atoms with Crippen molar-refractivity contribution in [1.82, 2.24) is 15.2 Å². The Bertz CT molecular complexity index is 975. The van der Waals surface area contributed by atoms with E-state index in [0.29, 0.717) is 50.0 Å². The summed E-state index contributed by atoms with van der Waals surface area (Å²) < 4.78 is 22.2. The molecule has 2 atom stereocenters. The summed E-state index contributed by atoms with van der Waals surface area (Å²) in [7, 11) is 0. The number of aliphatic hydroxyl groups is 1. The summed E-state index contributed by atoms with van der Waals surface area (Å²) in [4.78, 5) is 2.19. The molecule has 2 aromatic carbocycles. The van der Waals surface area contributed by atoms with Gasteiger partial charge in [-0.2, -0.15) is 0 Å². The summed E-state index contributed by atoms with van der Waals surface area (Å²) in [5.41, 5.74) is 2.55. The number of aliphatic hydroxyl groups excluding tert-OH is 1. The second-order valence-electron chi connectivity index (χ2n) is 7.08. The first-order valence-corrected chi connectivity index (χ1v) is 9.44. The summed E-state index contributed by atoms with van der Waals surface area (Å²) in [5.74, 6) is 1.92. The van der Waals surface area contributed by atoms with Gasteiger partial charge >= 0.3 is 0 Å². The standard InChI is InChI=1S/C20H21N3O5/c24-15-12-23(11-13-3-1-4-14-19(13)22-28-21-14)8-7-16(15)27-18-6-2-5-17-20(18)26-10-9-25-17/h1-6,15-16,24H,7-12H2/t15-,16-/m1/s1. The second-order valence-corrected chi connectivity index (χ2v) is 7.08. The lowest BCUT2D eigenvalue weighted by Crippen LogP contribution is -2.48. The lowest BCUT2D eigenvalue weighted by Gasteiger charge is -2.36. The Morgan fingerprint density at radius 1 is 1.11 bits per heavy atom. The van der Waals surface area contributed by atoms with Gasteiger partial charge in [-0.1, -0.05) is 18.2 Å². The third kappa shape index (κ3) is 3.25. The molecule has 1 saturated heterocycles. The van der Waals surface area contributed by atoms with Gasteiger partial charge in [0.15, 0.2) is 11.5 Å². The first-order chi connectivity index (χ1) is 13.8. The van der Waals surface area contributed by atoms with Crippen molar-refractivity contribution >= 4 is 11.0 Å². The van der Waals surface area contributed by atoms with Crippen LogP contribution in [-0.2, 0) is 6.54 Å². The maximum Gasteiger partial charge on any atom is 0.203 e. The Balaban J connectivity index is 1.26. The van der Waals surface area contributed by atoms with Gasteiger partial charge in [-0.15, -0.1) is 0 Å². The third-order valence-electron chi connectivity index (χ3n) is 5.18. The van der Waals surface area contributed by atoms with Gasteiger partial charge in [0.1, 0.15) is 36.5 Å². The SMILES string of the molecule is O[C@@H]1CN(Cc2cccc3nonc23)CC[C@H]1Oc1cccc2c1OCCO2. The van der Waals surface area contributed by atoms with Crippen molar-refractivity contribution in [2.75, 3.05) is 26.3 Å². The molecule has 2 aliphatic heterocycles. The van der Waals surface area contributed by atoms with Crippen molar-refractivity contribution in [3.05, 3.63) is 42.0 Å². The zero-order chi connectivity index (χ0) is 18.9. The highest BCUT2D eigenvalue weighted by Crippen LogP contribution is 2.40. The van der Waals surface area contributed by atoms with Crippen LogP contribution in [0.25, 0.3) is 11.0 Å². The Morgan fingerprint density at radius 3 is 2.93 bits per heavy atom. The van der Waals surface area contributed by atoms with Crippen molar-refractivity contribution < 1.29 is 23.9 Å². The van der Waals surface area contributed by atoms with E-state index in [2.05, 4.69) is 15.2 Å². The quantitative estimate of drug-likeness (QED) is 0.732. The van der Waals surface area contributed by atoms with Crippen molar-refractivity contribution in [3.8, 4) is 17.2 Å². The maximum absolute atomic E-state index is 10.7. The number of aromatic nitrogens is 2. The van der Waals surface area contributed by atoms with Gasteiger partial charge in [0, 0.05) is 19.6 Å². The summed E-state index contributed by atoms with van der Waals surface area (Å²) in [5, 5.41) is 18.5. The van der Waals surface area contributed by atoms with Crippen molar-refractivity contribution in [1.29, 1.82) is 0 Å². The molecule has 1 N–H and O–H groups in total. The van der Waals surface area contributed by atoms with E-state index >= 15 is 0 Å². The molecule has 0 aliphatic carbocycles. The molecule has 0 radical (unpaired) electrons. The van der Waals surface area contributed by atoms with Gasteiger partial charge in [-0.3, -0.25) is 4.90 Å². The largest absolute Gasteiger partial charge is 0.486 e. The van der Waals surface area contributed by atoms with Gasteiger partial charge in [0.05, 0.1) is 0 Å². The van der Waals surface area contributed by atoms with Crippen LogP contribution in [0.5, 0.6) is 17.2 Å². The van der Waals surface area contributed by atoms with E-state index in [0.717, 1.165) is 23.1 Å². The average Bonchev–Trinajstić information content (AvgIpc) is 3.20. The summed E-state index contributed by atoms with van der Waals surface area (Å²) in [6.07, 6.45) is -0.194. The van der Waals surface area contributed by atoms with Crippen LogP contribution in [0.3, 0.4) is 0 Å². The molecule has 2 aliphatic rings. The third-order valence-corrected chi connectivity index (χ3v) is 5.18. The molecule has 0 spiro atoms. The van der Waals surface area contributed by atoms with Gasteiger partial charge in [-0.25, -0.2) is 4.63 Å². The molecule has 3 heterocycles. The lowest BCUT2D eigenvalue weighted by atomic mass is 10.0. The number of fused-ring (bicyclic) bond motifs is 2. The number of para-hydroxylation sites is 1. The zero-order valence-corrected chi connectivity index (χ0v) is 15.3. The minimum atomic E-state index is -0.608. The number of hydrogen-bond donors (Lipinski definition) is 1. The number of likely N-dealkylation sites (tertiary alicyclic amines) is 1. The molecule has 8 nitrogen and oxygen atoms in total. The minimum absolute atomic E-state index is 0.294. The van der Waals surface area contributed by atoms with Crippen LogP contribution in [0.2, 0.25) is 0 Å². The Morgan fingerprint density at radius 2 is 2.00 bits per heavy atom. The normalized spacial score (nSPS) is 22.3. The second kappa shape index (κ2) is 7.29. The first-order valence-electron chi connectivity index (χ1n) is 9.44. The number of rotatable bonds is 4. The highest BCUT2D eigenvalue weighted by molar-refractivity contribution is 5.76. The predicted octanol–water partition coefficient (Wildman–Crippen LogP) is 2.01. The molecule has 1 fully saturated rings. The van der Waals surface area contributed by atoms with Gasteiger partial charge in [0.2, 0.25) is 5.75 Å². The van der Waals surface area contributed by atoms with Gasteiger partial charge in [-0.05, 0) is 40.5 Å². The van der Waals surface area contributed by atoms with Crippen molar-refractivity contribution in [3.63, 3.8) is 0 Å². The van der Waals surface area contributed by atoms with E-state index in [4.69, 9.17) is 18.8 Å². The number of ether oxygens (including phenoxy) is 3. The number of nitrogens with zero attached hydrogens (tertiary/aromatic N) is 3. The fraction of sp³-hybridized carbons (Fsp3) is 0.400. The highest BCUT2D eigenvalue weighted by atomic mass is 16.6. The van der Waals surface area contributed by atoms with Crippen LogP contribution in [0, 0.1) is 0 Å². The topological polar surface area (TPSA) is 90.1 Å². The monoisotopic (exact) mass is 383 g/mol.